The molecule has 1 aromatic rings. The summed E-state index contributed by atoms with van der Waals surface area (Å²) in [4.78, 5) is 11.1. The van der Waals surface area contributed by atoms with Crippen molar-refractivity contribution in [3.05, 3.63) is 34.9 Å². The van der Waals surface area contributed by atoms with E-state index in [-0.39, 0.29) is 17.9 Å². The molecule has 6 heteroatoms. The molecular weight excluding hydrogens is 266 g/mol. The van der Waals surface area contributed by atoms with Gasteiger partial charge in [0.1, 0.15) is 0 Å². The highest BCUT2D eigenvalue weighted by Gasteiger charge is 2.27. The number of sulfonamides is 1. The quantitative estimate of drug-likeness (QED) is 0.908. The van der Waals surface area contributed by atoms with Crippen LogP contribution in [-0.4, -0.2) is 36.1 Å². The summed E-state index contributed by atoms with van der Waals surface area (Å²) in [5.74, 6) is -0.817. The van der Waals surface area contributed by atoms with Crippen LogP contribution in [0.15, 0.2) is 18.2 Å². The summed E-state index contributed by atoms with van der Waals surface area (Å²) >= 11 is 0. The Bertz CT molecular complexity index is 595. The first-order valence-electron chi connectivity index (χ1n) is 6.27. The standard InChI is InChI=1S/C13H17NO4S/c1-2-8-19(17,18)14-7-6-11-10(9-14)4-3-5-12(11)13(15)16/h3-5H,2,6-9H2,1H3,(H,15,16). The van der Waals surface area contributed by atoms with Gasteiger partial charge in [-0.25, -0.2) is 13.2 Å². The zero-order valence-corrected chi connectivity index (χ0v) is 11.6. The van der Waals surface area contributed by atoms with Crippen LogP contribution in [0.3, 0.4) is 0 Å². The van der Waals surface area contributed by atoms with E-state index in [9.17, 15) is 13.2 Å². The van der Waals surface area contributed by atoms with Crippen molar-refractivity contribution in [3.63, 3.8) is 0 Å². The normalized spacial score (nSPS) is 16.1. The summed E-state index contributed by atoms with van der Waals surface area (Å²) < 4.78 is 25.5. The summed E-state index contributed by atoms with van der Waals surface area (Å²) in [5.41, 5.74) is 1.84. The van der Waals surface area contributed by atoms with Gasteiger partial charge in [0.25, 0.3) is 0 Å². The number of benzene rings is 1. The monoisotopic (exact) mass is 283 g/mol. The van der Waals surface area contributed by atoms with Gasteiger partial charge in [-0.15, -0.1) is 0 Å². The highest BCUT2D eigenvalue weighted by molar-refractivity contribution is 7.89. The number of rotatable bonds is 4. The second-order valence-electron chi connectivity index (χ2n) is 4.65. The van der Waals surface area contributed by atoms with Crippen molar-refractivity contribution in [1.82, 2.24) is 4.31 Å². The molecule has 0 fully saturated rings. The molecule has 0 amide bonds. The molecule has 2 rings (SSSR count). The van der Waals surface area contributed by atoms with Crippen molar-refractivity contribution in [3.8, 4) is 0 Å². The molecule has 19 heavy (non-hydrogen) atoms. The van der Waals surface area contributed by atoms with Gasteiger partial charge in [0, 0.05) is 13.1 Å². The Morgan fingerprint density at radius 1 is 1.42 bits per heavy atom. The van der Waals surface area contributed by atoms with E-state index in [1.165, 1.54) is 4.31 Å². The van der Waals surface area contributed by atoms with Crippen molar-refractivity contribution in [1.29, 1.82) is 0 Å². The fourth-order valence-electron chi connectivity index (χ4n) is 2.41. The van der Waals surface area contributed by atoms with Gasteiger partial charge in [-0.05, 0) is 30.0 Å². The molecule has 1 aromatic carbocycles. The number of carboxylic acids is 1. The molecule has 1 heterocycles. The largest absolute Gasteiger partial charge is 0.478 e. The molecule has 0 aromatic heterocycles. The maximum Gasteiger partial charge on any atom is 0.335 e. The Labute approximate surface area is 112 Å². The SMILES string of the molecule is CCCS(=O)(=O)N1CCc2c(cccc2C(=O)O)C1. The molecule has 1 aliphatic heterocycles. The van der Waals surface area contributed by atoms with Gasteiger partial charge >= 0.3 is 5.97 Å². The van der Waals surface area contributed by atoms with Crippen LogP contribution in [0.2, 0.25) is 0 Å². The molecule has 0 aliphatic carbocycles. The third-order valence-electron chi connectivity index (χ3n) is 3.32. The molecule has 0 saturated carbocycles. The van der Waals surface area contributed by atoms with Gasteiger partial charge in [-0.2, -0.15) is 4.31 Å². The smallest absolute Gasteiger partial charge is 0.335 e. The Morgan fingerprint density at radius 3 is 2.79 bits per heavy atom. The lowest BCUT2D eigenvalue weighted by Crippen LogP contribution is -2.37. The number of carboxylic acid groups (broad SMARTS) is 1. The lowest BCUT2D eigenvalue weighted by Gasteiger charge is -2.28. The van der Waals surface area contributed by atoms with Gasteiger partial charge in [-0.1, -0.05) is 19.1 Å². The molecule has 0 unspecified atom stereocenters. The Balaban J connectivity index is 2.31. The molecule has 0 radical (unpaired) electrons. The van der Waals surface area contributed by atoms with Crippen LogP contribution in [0.1, 0.15) is 34.8 Å². The number of nitrogens with zero attached hydrogens (tertiary/aromatic N) is 1. The minimum Gasteiger partial charge on any atom is -0.478 e. The zero-order valence-electron chi connectivity index (χ0n) is 10.8. The predicted octanol–water partition coefficient (Wildman–Crippen LogP) is 1.48. The third kappa shape index (κ3) is 2.79. The maximum absolute atomic E-state index is 12.0. The van der Waals surface area contributed by atoms with E-state index >= 15 is 0 Å². The third-order valence-corrected chi connectivity index (χ3v) is 5.34. The number of aromatic carboxylic acids is 1. The van der Waals surface area contributed by atoms with Crippen LogP contribution in [0.4, 0.5) is 0 Å². The second-order valence-corrected chi connectivity index (χ2v) is 6.74. The number of hydrogen-bond donors (Lipinski definition) is 1. The van der Waals surface area contributed by atoms with E-state index < -0.39 is 16.0 Å². The molecule has 104 valence electrons. The van der Waals surface area contributed by atoms with Crippen LogP contribution in [0, 0.1) is 0 Å². The van der Waals surface area contributed by atoms with Gasteiger partial charge in [-0.3, -0.25) is 0 Å². The number of fused-ring (bicyclic) bond motifs is 1. The molecule has 0 saturated heterocycles. The van der Waals surface area contributed by atoms with Gasteiger partial charge < -0.3 is 5.11 Å². The lowest BCUT2D eigenvalue weighted by molar-refractivity contribution is 0.0695. The van der Waals surface area contributed by atoms with Gasteiger partial charge in [0.15, 0.2) is 0 Å². The van der Waals surface area contributed by atoms with Crippen molar-refractivity contribution in [2.45, 2.75) is 26.3 Å². The molecule has 1 aliphatic rings. The highest BCUT2D eigenvalue weighted by atomic mass is 32.2. The van der Waals surface area contributed by atoms with E-state index in [0.717, 1.165) is 11.1 Å². The number of hydrogen-bond acceptors (Lipinski definition) is 3. The van der Waals surface area contributed by atoms with Crippen LogP contribution in [0.25, 0.3) is 0 Å². The summed E-state index contributed by atoms with van der Waals surface area (Å²) in [5, 5.41) is 9.12. The Morgan fingerprint density at radius 2 is 2.16 bits per heavy atom. The van der Waals surface area contributed by atoms with Crippen molar-refractivity contribution in [2.24, 2.45) is 0 Å². The minimum absolute atomic E-state index is 0.140. The molecule has 0 bridgehead atoms. The molecule has 0 spiro atoms. The fourth-order valence-corrected chi connectivity index (χ4v) is 3.89. The van der Waals surface area contributed by atoms with Crippen LogP contribution < -0.4 is 0 Å². The van der Waals surface area contributed by atoms with Crippen molar-refractivity contribution >= 4 is 16.0 Å². The van der Waals surface area contributed by atoms with E-state index in [1.54, 1.807) is 18.2 Å². The minimum atomic E-state index is -3.22. The van der Waals surface area contributed by atoms with E-state index in [1.807, 2.05) is 6.92 Å². The van der Waals surface area contributed by atoms with E-state index in [4.69, 9.17) is 5.11 Å². The summed E-state index contributed by atoms with van der Waals surface area (Å²) in [7, 11) is -3.22. The summed E-state index contributed by atoms with van der Waals surface area (Å²) in [6, 6.07) is 5.03. The Kier molecular flexibility index (Phi) is 3.91. The van der Waals surface area contributed by atoms with E-state index in [0.29, 0.717) is 19.4 Å². The summed E-state index contributed by atoms with van der Waals surface area (Å²) in [6.07, 6.45) is 1.04. The summed E-state index contributed by atoms with van der Waals surface area (Å²) in [6.45, 7) is 2.47. The Hall–Kier alpha value is -1.40. The predicted molar refractivity (Wildman–Crippen MR) is 71.6 cm³/mol. The lowest BCUT2D eigenvalue weighted by atomic mass is 9.95. The molecule has 5 nitrogen and oxygen atoms in total. The first-order valence-corrected chi connectivity index (χ1v) is 7.88. The number of carbonyl (C=O) groups is 1. The van der Waals surface area contributed by atoms with E-state index in [2.05, 4.69) is 0 Å². The van der Waals surface area contributed by atoms with Gasteiger partial charge in [0.2, 0.25) is 10.0 Å². The van der Waals surface area contributed by atoms with Crippen LogP contribution in [0.5, 0.6) is 0 Å². The van der Waals surface area contributed by atoms with Crippen LogP contribution in [-0.2, 0) is 23.0 Å². The fraction of sp³-hybridized carbons (Fsp3) is 0.462. The second kappa shape index (κ2) is 5.30. The first kappa shape index (κ1) is 14.0. The van der Waals surface area contributed by atoms with Crippen LogP contribution >= 0.6 is 0 Å². The molecule has 1 N–H and O–H groups in total. The van der Waals surface area contributed by atoms with Gasteiger partial charge in [0.05, 0.1) is 11.3 Å². The van der Waals surface area contributed by atoms with Crippen molar-refractivity contribution < 1.29 is 18.3 Å². The molecule has 0 atom stereocenters. The molecular formula is C13H17NO4S. The maximum atomic E-state index is 12.0. The topological polar surface area (TPSA) is 74.7 Å². The average molecular weight is 283 g/mol. The van der Waals surface area contributed by atoms with Crippen molar-refractivity contribution in [2.75, 3.05) is 12.3 Å². The first-order chi connectivity index (χ1) is 8.95. The highest BCUT2D eigenvalue weighted by Crippen LogP contribution is 2.24. The zero-order chi connectivity index (χ0) is 14.0. The average Bonchev–Trinajstić information content (AvgIpc) is 2.37.